The van der Waals surface area contributed by atoms with Gasteiger partial charge in [0, 0.05) is 18.0 Å². The molecule has 0 radical (unpaired) electrons. The zero-order chi connectivity index (χ0) is 17.2. The fraction of sp³-hybridized carbons (Fsp3) is 0.550. The smallest absolute Gasteiger partial charge is 0.133 e. The number of piperidine rings is 1. The lowest BCUT2D eigenvalue weighted by molar-refractivity contribution is 0.252. The summed E-state index contributed by atoms with van der Waals surface area (Å²) >= 11 is 0. The highest BCUT2D eigenvalue weighted by atomic mass is 16.5. The summed E-state index contributed by atoms with van der Waals surface area (Å²) in [6, 6.07) is 8.21. The van der Waals surface area contributed by atoms with E-state index in [-0.39, 0.29) is 0 Å². The third-order valence-corrected chi connectivity index (χ3v) is 5.58. The number of fused-ring (bicyclic) bond motifs is 1. The highest BCUT2D eigenvalue weighted by Gasteiger charge is 2.28. The van der Waals surface area contributed by atoms with Crippen LogP contribution in [0, 0.1) is 0 Å². The van der Waals surface area contributed by atoms with Gasteiger partial charge in [-0.05, 0) is 76.5 Å². The molecule has 0 spiro atoms. The molecule has 1 fully saturated rings. The van der Waals surface area contributed by atoms with Crippen LogP contribution in [0.1, 0.15) is 42.9 Å². The summed E-state index contributed by atoms with van der Waals surface area (Å²) in [5.41, 5.74) is 3.88. The number of hydrogen-bond donors (Lipinski definition) is 1. The van der Waals surface area contributed by atoms with Gasteiger partial charge in [0.05, 0.1) is 18.5 Å². The second-order valence-electron chi connectivity index (χ2n) is 7.28. The molecule has 0 amide bonds. The molecule has 5 heteroatoms. The van der Waals surface area contributed by atoms with Crippen LogP contribution < -0.4 is 10.1 Å². The Hall–Kier alpha value is -2.01. The van der Waals surface area contributed by atoms with Gasteiger partial charge in [0.2, 0.25) is 0 Å². The molecule has 2 aliphatic rings. The lowest BCUT2D eigenvalue weighted by Crippen LogP contribution is -2.29. The lowest BCUT2D eigenvalue weighted by atomic mass is 9.90. The van der Waals surface area contributed by atoms with Crippen LogP contribution in [0.15, 0.2) is 24.3 Å². The highest BCUT2D eigenvalue weighted by Crippen LogP contribution is 2.36. The van der Waals surface area contributed by atoms with Gasteiger partial charge in [-0.25, -0.2) is 4.68 Å². The molecule has 0 aliphatic carbocycles. The highest BCUT2D eigenvalue weighted by molar-refractivity contribution is 5.55. The van der Waals surface area contributed by atoms with E-state index >= 15 is 0 Å². The molecule has 1 saturated heterocycles. The van der Waals surface area contributed by atoms with Crippen LogP contribution in [0.4, 0.5) is 5.82 Å². The van der Waals surface area contributed by atoms with E-state index < -0.39 is 0 Å². The number of likely N-dealkylation sites (tertiary alicyclic amines) is 1. The predicted molar refractivity (Wildman–Crippen MR) is 101 cm³/mol. The monoisotopic (exact) mass is 340 g/mol. The van der Waals surface area contributed by atoms with E-state index in [1.807, 2.05) is 12.1 Å². The van der Waals surface area contributed by atoms with E-state index in [4.69, 9.17) is 9.84 Å². The average molecular weight is 340 g/mol. The zero-order valence-corrected chi connectivity index (χ0v) is 15.3. The van der Waals surface area contributed by atoms with Crippen molar-refractivity contribution in [3.05, 3.63) is 35.5 Å². The third kappa shape index (κ3) is 3.25. The number of nitrogens with zero attached hydrogens (tertiary/aromatic N) is 3. The molecule has 134 valence electrons. The van der Waals surface area contributed by atoms with E-state index in [1.165, 1.54) is 55.8 Å². The summed E-state index contributed by atoms with van der Waals surface area (Å²) in [6.45, 7) is 3.37. The fourth-order valence-electron chi connectivity index (χ4n) is 4.05. The van der Waals surface area contributed by atoms with Crippen LogP contribution in [0.2, 0.25) is 0 Å². The second kappa shape index (κ2) is 7.08. The van der Waals surface area contributed by atoms with Crippen LogP contribution in [0.25, 0.3) is 5.69 Å². The Morgan fingerprint density at radius 3 is 2.60 bits per heavy atom. The molecule has 0 bridgehead atoms. The Morgan fingerprint density at radius 1 is 1.12 bits per heavy atom. The second-order valence-corrected chi connectivity index (χ2v) is 7.28. The van der Waals surface area contributed by atoms with Gasteiger partial charge in [0.15, 0.2) is 0 Å². The number of ether oxygens (including phenoxy) is 1. The van der Waals surface area contributed by atoms with E-state index in [0.29, 0.717) is 5.92 Å². The van der Waals surface area contributed by atoms with Crippen molar-refractivity contribution in [2.24, 2.45) is 0 Å². The van der Waals surface area contributed by atoms with Gasteiger partial charge >= 0.3 is 0 Å². The minimum atomic E-state index is 0.587. The van der Waals surface area contributed by atoms with Gasteiger partial charge in [0.1, 0.15) is 11.6 Å². The summed E-state index contributed by atoms with van der Waals surface area (Å²) in [6.07, 6.45) is 6.03. The van der Waals surface area contributed by atoms with Gasteiger partial charge in [-0.2, -0.15) is 5.10 Å². The number of anilines is 1. The normalized spacial score (nSPS) is 19.1. The summed E-state index contributed by atoms with van der Waals surface area (Å²) in [5.74, 6) is 2.67. The van der Waals surface area contributed by atoms with Gasteiger partial charge in [0.25, 0.3) is 0 Å². The number of hydrogen-bond acceptors (Lipinski definition) is 4. The molecule has 0 saturated carbocycles. The molecule has 1 N–H and O–H groups in total. The number of methoxy groups -OCH3 is 1. The van der Waals surface area contributed by atoms with Crippen LogP contribution >= 0.6 is 0 Å². The molecular weight excluding hydrogens is 312 g/mol. The largest absolute Gasteiger partial charge is 0.497 e. The first-order chi connectivity index (χ1) is 12.3. The summed E-state index contributed by atoms with van der Waals surface area (Å²) < 4.78 is 7.42. The van der Waals surface area contributed by atoms with Gasteiger partial charge in [-0.1, -0.05) is 0 Å². The van der Waals surface area contributed by atoms with Crippen LogP contribution in [0.5, 0.6) is 5.75 Å². The first-order valence-corrected chi connectivity index (χ1v) is 9.45. The van der Waals surface area contributed by atoms with Gasteiger partial charge in [-0.15, -0.1) is 0 Å². The van der Waals surface area contributed by atoms with Crippen molar-refractivity contribution in [2.75, 3.05) is 39.1 Å². The van der Waals surface area contributed by atoms with Crippen molar-refractivity contribution < 1.29 is 4.74 Å². The maximum absolute atomic E-state index is 5.30. The summed E-state index contributed by atoms with van der Waals surface area (Å²) in [7, 11) is 3.92. The van der Waals surface area contributed by atoms with Crippen molar-refractivity contribution in [1.29, 1.82) is 0 Å². The lowest BCUT2D eigenvalue weighted by Gasteiger charge is -2.28. The number of benzene rings is 1. The predicted octanol–water partition coefficient (Wildman–Crippen LogP) is 3.44. The molecule has 2 aromatic rings. The van der Waals surface area contributed by atoms with Crippen LogP contribution in [-0.2, 0) is 6.42 Å². The SMILES string of the molecule is COc1ccc(-n2nc(C3CCN(C)CC3)c3c2NCCCC3)cc1. The number of aromatic nitrogens is 2. The molecule has 0 unspecified atom stereocenters. The van der Waals surface area contributed by atoms with Gasteiger partial charge in [-0.3, -0.25) is 0 Å². The molecule has 4 rings (SSSR count). The Morgan fingerprint density at radius 2 is 1.88 bits per heavy atom. The standard InChI is InChI=1S/C20H28N4O/c1-23-13-10-15(11-14-23)19-18-5-3-4-12-21-20(18)24(22-19)16-6-8-17(25-2)9-7-16/h6-9,15,21H,3-5,10-14H2,1-2H3. The minimum Gasteiger partial charge on any atom is -0.497 e. The average Bonchev–Trinajstić information content (AvgIpc) is 2.84. The van der Waals surface area contributed by atoms with Crippen molar-refractivity contribution in [1.82, 2.24) is 14.7 Å². The first kappa shape index (κ1) is 16.5. The minimum absolute atomic E-state index is 0.587. The zero-order valence-electron chi connectivity index (χ0n) is 15.3. The molecule has 3 heterocycles. The van der Waals surface area contributed by atoms with E-state index in [9.17, 15) is 0 Å². The first-order valence-electron chi connectivity index (χ1n) is 9.45. The summed E-state index contributed by atoms with van der Waals surface area (Å²) in [5, 5.41) is 8.75. The van der Waals surface area contributed by atoms with Crippen LogP contribution in [-0.4, -0.2) is 48.5 Å². The molecule has 1 aromatic carbocycles. The Kier molecular flexibility index (Phi) is 4.66. The molecule has 2 aliphatic heterocycles. The summed E-state index contributed by atoms with van der Waals surface area (Å²) in [4.78, 5) is 2.42. The van der Waals surface area contributed by atoms with Crippen molar-refractivity contribution in [3.63, 3.8) is 0 Å². The number of rotatable bonds is 3. The fourth-order valence-corrected chi connectivity index (χ4v) is 4.05. The van der Waals surface area contributed by atoms with E-state index in [1.54, 1.807) is 7.11 Å². The Balaban J connectivity index is 1.73. The maximum atomic E-state index is 5.30. The number of nitrogens with one attached hydrogen (secondary N) is 1. The van der Waals surface area contributed by atoms with Crippen molar-refractivity contribution in [3.8, 4) is 11.4 Å². The van der Waals surface area contributed by atoms with E-state index in [0.717, 1.165) is 24.4 Å². The molecule has 0 atom stereocenters. The molecule has 25 heavy (non-hydrogen) atoms. The quantitative estimate of drug-likeness (QED) is 0.929. The Bertz CT molecular complexity index is 714. The van der Waals surface area contributed by atoms with Crippen molar-refractivity contribution in [2.45, 2.75) is 38.0 Å². The van der Waals surface area contributed by atoms with E-state index in [2.05, 4.69) is 34.1 Å². The van der Waals surface area contributed by atoms with Crippen molar-refractivity contribution >= 4 is 5.82 Å². The Labute approximate surface area is 150 Å². The maximum Gasteiger partial charge on any atom is 0.133 e. The van der Waals surface area contributed by atoms with Crippen LogP contribution in [0.3, 0.4) is 0 Å². The molecule has 5 nitrogen and oxygen atoms in total. The third-order valence-electron chi connectivity index (χ3n) is 5.58. The molecule has 1 aromatic heterocycles. The van der Waals surface area contributed by atoms with Gasteiger partial charge < -0.3 is 15.0 Å². The molecular formula is C20H28N4O. The topological polar surface area (TPSA) is 42.3 Å².